The third-order valence-corrected chi connectivity index (χ3v) is 3.46. The van der Waals surface area contributed by atoms with E-state index in [1.165, 1.54) is 12.3 Å². The fraction of sp³-hybridized carbons (Fsp3) is 0.125. The van der Waals surface area contributed by atoms with Crippen molar-refractivity contribution < 1.29 is 9.18 Å². The van der Waals surface area contributed by atoms with E-state index >= 15 is 0 Å². The Morgan fingerprint density at radius 3 is 2.73 bits per heavy atom. The second-order valence-corrected chi connectivity index (χ2v) is 5.36. The van der Waals surface area contributed by atoms with Crippen LogP contribution in [0, 0.1) is 5.82 Å². The van der Waals surface area contributed by atoms with Crippen LogP contribution in [0.5, 0.6) is 0 Å². The van der Waals surface area contributed by atoms with Gasteiger partial charge >= 0.3 is 0 Å². The average molecular weight is 318 g/mol. The van der Waals surface area contributed by atoms with Crippen molar-refractivity contribution in [2.24, 2.45) is 0 Å². The summed E-state index contributed by atoms with van der Waals surface area (Å²) < 4.78 is 14.7. The summed E-state index contributed by atoms with van der Waals surface area (Å²) in [4.78, 5) is 16.2. The molecular weight excluding hydrogens is 305 g/mol. The Morgan fingerprint density at radius 1 is 1.18 bits per heavy atom. The number of rotatable bonds is 4. The minimum Gasteiger partial charge on any atom is -0.350 e. The SMILES string of the molecule is O=C(Cc1ccc(Cl)cc1)NCc1cn2cc(F)ccc2n1. The summed E-state index contributed by atoms with van der Waals surface area (Å²) in [6.07, 6.45) is 3.32. The Hall–Kier alpha value is -2.40. The van der Waals surface area contributed by atoms with Crippen LogP contribution in [0.1, 0.15) is 11.3 Å². The number of fused-ring (bicyclic) bond motifs is 1. The first-order valence-corrected chi connectivity index (χ1v) is 7.12. The molecular formula is C16H13ClFN3O. The zero-order valence-electron chi connectivity index (χ0n) is 11.6. The predicted molar refractivity (Wildman–Crippen MR) is 82.2 cm³/mol. The van der Waals surface area contributed by atoms with E-state index in [4.69, 9.17) is 11.6 Å². The van der Waals surface area contributed by atoms with Crippen LogP contribution >= 0.6 is 11.6 Å². The van der Waals surface area contributed by atoms with E-state index in [-0.39, 0.29) is 18.1 Å². The molecule has 0 aliphatic carbocycles. The second kappa shape index (κ2) is 6.15. The maximum Gasteiger partial charge on any atom is 0.224 e. The van der Waals surface area contributed by atoms with Gasteiger partial charge in [-0.2, -0.15) is 0 Å². The van der Waals surface area contributed by atoms with Crippen molar-refractivity contribution in [2.45, 2.75) is 13.0 Å². The Kier molecular flexibility index (Phi) is 4.06. The molecule has 0 fully saturated rings. The summed E-state index contributed by atoms with van der Waals surface area (Å²) in [7, 11) is 0. The van der Waals surface area contributed by atoms with Crippen molar-refractivity contribution >= 4 is 23.2 Å². The molecule has 1 N–H and O–H groups in total. The number of halogens is 2. The molecule has 0 unspecified atom stereocenters. The molecule has 6 heteroatoms. The minimum atomic E-state index is -0.330. The van der Waals surface area contributed by atoms with E-state index < -0.39 is 0 Å². The van der Waals surface area contributed by atoms with Crippen LogP contribution in [0.2, 0.25) is 5.02 Å². The summed E-state index contributed by atoms with van der Waals surface area (Å²) in [6.45, 7) is 0.301. The van der Waals surface area contributed by atoms with Gasteiger partial charge in [0.05, 0.1) is 18.7 Å². The van der Waals surface area contributed by atoms with Gasteiger partial charge in [0.15, 0.2) is 0 Å². The van der Waals surface area contributed by atoms with Gasteiger partial charge in [0, 0.05) is 17.4 Å². The molecule has 0 bridgehead atoms. The number of hydrogen-bond donors (Lipinski definition) is 1. The number of pyridine rings is 1. The molecule has 4 nitrogen and oxygen atoms in total. The highest BCUT2D eigenvalue weighted by atomic mass is 35.5. The average Bonchev–Trinajstić information content (AvgIpc) is 2.89. The molecule has 2 aromatic heterocycles. The van der Waals surface area contributed by atoms with Gasteiger partial charge in [-0.3, -0.25) is 4.79 Å². The highest BCUT2D eigenvalue weighted by Crippen LogP contribution is 2.10. The van der Waals surface area contributed by atoms with Crippen molar-refractivity contribution in [2.75, 3.05) is 0 Å². The number of aromatic nitrogens is 2. The van der Waals surface area contributed by atoms with Crippen LogP contribution in [0.4, 0.5) is 4.39 Å². The lowest BCUT2D eigenvalue weighted by molar-refractivity contribution is -0.120. The number of imidazole rings is 1. The third-order valence-electron chi connectivity index (χ3n) is 3.21. The van der Waals surface area contributed by atoms with Crippen molar-refractivity contribution in [3.05, 3.63) is 70.9 Å². The van der Waals surface area contributed by atoms with E-state index in [2.05, 4.69) is 10.3 Å². The number of nitrogens with zero attached hydrogens (tertiary/aromatic N) is 2. The van der Waals surface area contributed by atoms with Crippen molar-refractivity contribution in [3.8, 4) is 0 Å². The highest BCUT2D eigenvalue weighted by molar-refractivity contribution is 6.30. The molecule has 0 saturated heterocycles. The maximum atomic E-state index is 13.1. The summed E-state index contributed by atoms with van der Waals surface area (Å²) in [5.74, 6) is -0.436. The molecule has 0 atom stereocenters. The van der Waals surface area contributed by atoms with Crippen molar-refractivity contribution in [1.29, 1.82) is 0 Å². The van der Waals surface area contributed by atoms with Gasteiger partial charge in [-0.1, -0.05) is 23.7 Å². The Balaban J connectivity index is 1.61. The van der Waals surface area contributed by atoms with E-state index in [9.17, 15) is 9.18 Å². The van der Waals surface area contributed by atoms with Gasteiger partial charge in [-0.15, -0.1) is 0 Å². The van der Waals surface area contributed by atoms with Gasteiger partial charge in [-0.05, 0) is 29.8 Å². The Bertz CT molecular complexity index is 814. The van der Waals surface area contributed by atoms with Crippen LogP contribution in [-0.2, 0) is 17.8 Å². The number of benzene rings is 1. The fourth-order valence-electron chi connectivity index (χ4n) is 2.14. The Morgan fingerprint density at radius 2 is 1.95 bits per heavy atom. The molecule has 0 aliphatic heterocycles. The van der Waals surface area contributed by atoms with Gasteiger partial charge in [0.25, 0.3) is 0 Å². The molecule has 22 heavy (non-hydrogen) atoms. The van der Waals surface area contributed by atoms with E-state index in [0.29, 0.717) is 22.9 Å². The highest BCUT2D eigenvalue weighted by Gasteiger charge is 2.06. The summed E-state index contributed by atoms with van der Waals surface area (Å²) in [6, 6.07) is 10.1. The quantitative estimate of drug-likeness (QED) is 0.804. The minimum absolute atomic E-state index is 0.106. The summed E-state index contributed by atoms with van der Waals surface area (Å²) in [5.41, 5.74) is 2.21. The maximum absolute atomic E-state index is 13.1. The standard InChI is InChI=1S/C16H13ClFN3O/c17-12-3-1-11(2-4-12)7-16(22)19-8-14-10-21-9-13(18)5-6-15(21)20-14/h1-6,9-10H,7-8H2,(H,19,22). The van der Waals surface area contributed by atoms with Crippen molar-refractivity contribution in [1.82, 2.24) is 14.7 Å². The molecule has 0 spiro atoms. The molecule has 0 radical (unpaired) electrons. The second-order valence-electron chi connectivity index (χ2n) is 4.92. The molecule has 1 aromatic carbocycles. The molecule has 0 aliphatic rings. The Labute approximate surface area is 131 Å². The van der Waals surface area contributed by atoms with Gasteiger partial charge in [-0.25, -0.2) is 9.37 Å². The smallest absolute Gasteiger partial charge is 0.224 e. The molecule has 2 heterocycles. The summed E-state index contributed by atoms with van der Waals surface area (Å²) in [5, 5.41) is 3.44. The van der Waals surface area contributed by atoms with E-state index in [1.807, 2.05) is 12.1 Å². The number of carbonyl (C=O) groups excluding carboxylic acids is 1. The first-order chi connectivity index (χ1) is 10.6. The van der Waals surface area contributed by atoms with Gasteiger partial charge in [0.2, 0.25) is 5.91 Å². The van der Waals surface area contributed by atoms with Crippen LogP contribution < -0.4 is 5.32 Å². The fourth-order valence-corrected chi connectivity index (χ4v) is 2.27. The lowest BCUT2D eigenvalue weighted by atomic mass is 10.1. The number of nitrogens with one attached hydrogen (secondary N) is 1. The third kappa shape index (κ3) is 3.43. The molecule has 3 aromatic rings. The molecule has 1 amide bonds. The number of carbonyl (C=O) groups is 1. The summed E-state index contributed by atoms with van der Waals surface area (Å²) >= 11 is 5.80. The van der Waals surface area contributed by atoms with Crippen LogP contribution in [0.3, 0.4) is 0 Å². The molecule has 3 rings (SSSR count). The predicted octanol–water partition coefficient (Wildman–Crippen LogP) is 2.99. The van der Waals surface area contributed by atoms with Crippen LogP contribution in [0.25, 0.3) is 5.65 Å². The van der Waals surface area contributed by atoms with Crippen molar-refractivity contribution in [3.63, 3.8) is 0 Å². The first-order valence-electron chi connectivity index (χ1n) is 6.74. The van der Waals surface area contributed by atoms with Gasteiger partial charge in [0.1, 0.15) is 11.5 Å². The van der Waals surface area contributed by atoms with E-state index in [1.54, 1.807) is 28.8 Å². The van der Waals surface area contributed by atoms with Crippen LogP contribution in [0.15, 0.2) is 48.8 Å². The normalized spacial score (nSPS) is 10.8. The lowest BCUT2D eigenvalue weighted by Gasteiger charge is -2.03. The molecule has 112 valence electrons. The first kappa shape index (κ1) is 14.5. The topological polar surface area (TPSA) is 46.4 Å². The lowest BCUT2D eigenvalue weighted by Crippen LogP contribution is -2.24. The van der Waals surface area contributed by atoms with Gasteiger partial charge < -0.3 is 9.72 Å². The zero-order chi connectivity index (χ0) is 15.5. The number of hydrogen-bond acceptors (Lipinski definition) is 2. The number of amides is 1. The monoisotopic (exact) mass is 317 g/mol. The zero-order valence-corrected chi connectivity index (χ0v) is 12.3. The molecule has 0 saturated carbocycles. The van der Waals surface area contributed by atoms with E-state index in [0.717, 1.165) is 5.56 Å². The largest absolute Gasteiger partial charge is 0.350 e. The van der Waals surface area contributed by atoms with Crippen LogP contribution in [-0.4, -0.2) is 15.3 Å².